The van der Waals surface area contributed by atoms with Gasteiger partial charge >= 0.3 is 6.36 Å². The van der Waals surface area contributed by atoms with E-state index in [0.717, 1.165) is 11.1 Å². The van der Waals surface area contributed by atoms with Crippen molar-refractivity contribution in [1.82, 2.24) is 0 Å². The molecule has 3 aromatic carbocycles. The molecule has 0 aliphatic heterocycles. The zero-order valence-electron chi connectivity index (χ0n) is 17.1. The van der Waals surface area contributed by atoms with Crippen molar-refractivity contribution >= 4 is 0 Å². The van der Waals surface area contributed by atoms with Crippen molar-refractivity contribution in [3.63, 3.8) is 0 Å². The van der Waals surface area contributed by atoms with Gasteiger partial charge in [-0.05, 0) is 68.3 Å². The molecule has 0 unspecified atom stereocenters. The Balaban J connectivity index is 2.03. The molecule has 0 bridgehead atoms. The van der Waals surface area contributed by atoms with Gasteiger partial charge in [0.2, 0.25) is 0 Å². The van der Waals surface area contributed by atoms with Crippen LogP contribution in [0.25, 0.3) is 0 Å². The number of aryl methyl sites for hydroxylation is 3. The molecular weight excluding hydrogens is 404 g/mol. The first-order valence-corrected chi connectivity index (χ1v) is 9.38. The Morgan fingerprint density at radius 2 is 1.29 bits per heavy atom. The number of rotatable bonds is 1. The summed E-state index contributed by atoms with van der Waals surface area (Å²) in [7, 11) is 0. The highest BCUT2D eigenvalue weighted by atomic mass is 19.4. The molecule has 5 heteroatoms. The lowest BCUT2D eigenvalue weighted by Gasteiger charge is -2.12. The highest BCUT2D eigenvalue weighted by molar-refractivity contribution is 5.58. The van der Waals surface area contributed by atoms with Crippen molar-refractivity contribution in [2.75, 3.05) is 0 Å². The summed E-state index contributed by atoms with van der Waals surface area (Å²) in [6.45, 7) is 5.38. The van der Waals surface area contributed by atoms with Crippen molar-refractivity contribution in [3.05, 3.63) is 99.4 Å². The summed E-state index contributed by atoms with van der Waals surface area (Å²) < 4.78 is 57.0. The van der Waals surface area contributed by atoms with Crippen LogP contribution in [0.4, 0.5) is 17.6 Å². The van der Waals surface area contributed by atoms with Gasteiger partial charge in [0.15, 0.2) is 0 Å². The SMILES string of the molecule is Cc1ccc(C#Cc2cc(C)c(C#Cc3ccc(C)cc3F)cc2OC(F)(F)F)cc1. The first-order chi connectivity index (χ1) is 14.6. The quantitative estimate of drug-likeness (QED) is 0.324. The predicted octanol–water partition coefficient (Wildman–Crippen LogP) is 6.45. The van der Waals surface area contributed by atoms with Gasteiger partial charge in [-0.2, -0.15) is 0 Å². The molecule has 0 N–H and O–H groups in total. The predicted molar refractivity (Wildman–Crippen MR) is 112 cm³/mol. The second kappa shape index (κ2) is 8.98. The zero-order chi connectivity index (χ0) is 22.6. The van der Waals surface area contributed by atoms with Crippen LogP contribution in [0, 0.1) is 50.3 Å². The minimum absolute atomic E-state index is 0.0856. The van der Waals surface area contributed by atoms with E-state index in [-0.39, 0.29) is 11.1 Å². The summed E-state index contributed by atoms with van der Waals surface area (Å²) in [6, 6.07) is 14.6. The van der Waals surface area contributed by atoms with Crippen LogP contribution in [0.15, 0.2) is 54.6 Å². The van der Waals surface area contributed by atoms with E-state index in [4.69, 9.17) is 0 Å². The molecule has 0 aromatic heterocycles. The van der Waals surface area contributed by atoms with Gasteiger partial charge in [0, 0.05) is 11.1 Å². The zero-order valence-corrected chi connectivity index (χ0v) is 17.1. The van der Waals surface area contributed by atoms with Crippen molar-refractivity contribution in [2.45, 2.75) is 27.1 Å². The van der Waals surface area contributed by atoms with E-state index in [0.29, 0.717) is 16.7 Å². The summed E-state index contributed by atoms with van der Waals surface area (Å²) in [5.74, 6) is 10.1. The molecule has 0 atom stereocenters. The van der Waals surface area contributed by atoms with Gasteiger partial charge in [0.25, 0.3) is 0 Å². The molecule has 0 radical (unpaired) electrons. The molecule has 156 valence electrons. The molecule has 0 aliphatic rings. The average Bonchev–Trinajstić information content (AvgIpc) is 2.68. The lowest BCUT2D eigenvalue weighted by molar-refractivity contribution is -0.274. The molecule has 3 aromatic rings. The molecule has 0 saturated carbocycles. The van der Waals surface area contributed by atoms with Crippen LogP contribution in [0.2, 0.25) is 0 Å². The van der Waals surface area contributed by atoms with Gasteiger partial charge in [-0.25, -0.2) is 4.39 Å². The molecule has 0 heterocycles. The van der Waals surface area contributed by atoms with Crippen LogP contribution in [0.5, 0.6) is 5.75 Å². The third-order valence-electron chi connectivity index (χ3n) is 4.40. The number of hydrogen-bond acceptors (Lipinski definition) is 1. The number of ether oxygens (including phenoxy) is 1. The van der Waals surface area contributed by atoms with Gasteiger partial charge in [0.05, 0.1) is 11.1 Å². The molecule has 0 saturated heterocycles. The molecule has 3 rings (SSSR count). The maximum atomic E-state index is 14.0. The van der Waals surface area contributed by atoms with Gasteiger partial charge in [-0.3, -0.25) is 0 Å². The van der Waals surface area contributed by atoms with Crippen LogP contribution in [0.3, 0.4) is 0 Å². The average molecular weight is 422 g/mol. The number of benzene rings is 3. The van der Waals surface area contributed by atoms with E-state index in [1.54, 1.807) is 32.0 Å². The van der Waals surface area contributed by atoms with Crippen LogP contribution < -0.4 is 4.74 Å². The molecule has 1 nitrogen and oxygen atoms in total. The third kappa shape index (κ3) is 6.14. The monoisotopic (exact) mass is 422 g/mol. The molecule has 0 spiro atoms. The smallest absolute Gasteiger partial charge is 0.404 e. The Labute approximate surface area is 178 Å². The Bertz CT molecular complexity index is 1230. The maximum Gasteiger partial charge on any atom is 0.573 e. The summed E-state index contributed by atoms with van der Waals surface area (Å²) >= 11 is 0. The topological polar surface area (TPSA) is 9.23 Å². The van der Waals surface area contributed by atoms with E-state index < -0.39 is 17.9 Å². The van der Waals surface area contributed by atoms with E-state index in [1.807, 2.05) is 19.1 Å². The van der Waals surface area contributed by atoms with E-state index in [2.05, 4.69) is 28.4 Å². The minimum atomic E-state index is -4.89. The van der Waals surface area contributed by atoms with Crippen molar-refractivity contribution < 1.29 is 22.3 Å². The molecular formula is C26H18F4O. The normalized spacial score (nSPS) is 10.5. The first-order valence-electron chi connectivity index (χ1n) is 9.38. The molecule has 0 amide bonds. The minimum Gasteiger partial charge on any atom is -0.404 e. The van der Waals surface area contributed by atoms with Gasteiger partial charge in [0.1, 0.15) is 11.6 Å². The fourth-order valence-electron chi connectivity index (χ4n) is 2.76. The molecule has 0 fully saturated rings. The lowest BCUT2D eigenvalue weighted by Crippen LogP contribution is -2.18. The van der Waals surface area contributed by atoms with Gasteiger partial charge < -0.3 is 4.74 Å². The number of hydrogen-bond donors (Lipinski definition) is 0. The fraction of sp³-hybridized carbons (Fsp3) is 0.154. The van der Waals surface area contributed by atoms with E-state index in [1.165, 1.54) is 24.3 Å². The Morgan fingerprint density at radius 3 is 1.94 bits per heavy atom. The Kier molecular flexibility index (Phi) is 6.37. The highest BCUT2D eigenvalue weighted by Gasteiger charge is 2.32. The van der Waals surface area contributed by atoms with Crippen molar-refractivity contribution in [2.24, 2.45) is 0 Å². The van der Waals surface area contributed by atoms with Crippen LogP contribution in [-0.2, 0) is 0 Å². The van der Waals surface area contributed by atoms with E-state index in [9.17, 15) is 17.6 Å². The number of halogens is 4. The summed E-state index contributed by atoms with van der Waals surface area (Å²) in [6.07, 6.45) is -4.89. The van der Waals surface area contributed by atoms with Crippen molar-refractivity contribution in [3.8, 4) is 29.4 Å². The third-order valence-corrected chi connectivity index (χ3v) is 4.40. The molecule has 0 aliphatic carbocycles. The van der Waals surface area contributed by atoms with Gasteiger partial charge in [-0.1, -0.05) is 47.4 Å². The largest absolute Gasteiger partial charge is 0.573 e. The summed E-state index contributed by atoms with van der Waals surface area (Å²) in [5, 5.41) is 0. The van der Waals surface area contributed by atoms with Crippen molar-refractivity contribution in [1.29, 1.82) is 0 Å². The second-order valence-electron chi connectivity index (χ2n) is 7.06. The second-order valence-corrected chi connectivity index (χ2v) is 7.06. The Morgan fingerprint density at radius 1 is 0.677 bits per heavy atom. The van der Waals surface area contributed by atoms with E-state index >= 15 is 0 Å². The lowest BCUT2D eigenvalue weighted by atomic mass is 10.0. The van der Waals surface area contributed by atoms with Gasteiger partial charge in [-0.15, -0.1) is 13.2 Å². The maximum absolute atomic E-state index is 14.0. The number of alkyl halides is 3. The van der Waals surface area contributed by atoms with Crippen LogP contribution >= 0.6 is 0 Å². The Hall–Kier alpha value is -3.70. The summed E-state index contributed by atoms with van der Waals surface area (Å²) in [5.41, 5.74) is 3.60. The van der Waals surface area contributed by atoms with Crippen LogP contribution in [-0.4, -0.2) is 6.36 Å². The molecule has 31 heavy (non-hydrogen) atoms. The highest BCUT2D eigenvalue weighted by Crippen LogP contribution is 2.29. The van der Waals surface area contributed by atoms with Crippen LogP contribution in [0.1, 0.15) is 38.9 Å². The fourth-order valence-corrected chi connectivity index (χ4v) is 2.76. The summed E-state index contributed by atoms with van der Waals surface area (Å²) in [4.78, 5) is 0. The standard InChI is InChI=1S/C26H18F4O/c1-17-4-7-20(8-5-17)9-11-23-15-19(3)22(16-25(23)31-26(28,29)30)13-12-21-10-6-18(2)14-24(21)27/h4-8,10,14-16H,1-3H3. The first kappa shape index (κ1) is 22.0.